The van der Waals surface area contributed by atoms with Gasteiger partial charge < -0.3 is 10.6 Å². The van der Waals surface area contributed by atoms with Crippen molar-refractivity contribution in [2.75, 3.05) is 7.05 Å². The molecule has 2 rings (SSSR count). The highest BCUT2D eigenvalue weighted by atomic mass is 16.2. The zero-order chi connectivity index (χ0) is 15.7. The summed E-state index contributed by atoms with van der Waals surface area (Å²) in [6.07, 6.45) is 3.77. The lowest BCUT2D eigenvalue weighted by Gasteiger charge is -2.29. The average molecular weight is 288 g/mol. The average Bonchev–Trinajstić information content (AvgIpc) is 2.85. The van der Waals surface area contributed by atoms with Gasteiger partial charge in [-0.05, 0) is 29.4 Å². The van der Waals surface area contributed by atoms with Crippen LogP contribution in [-0.2, 0) is 16.8 Å². The number of rotatable bonds is 3. The van der Waals surface area contributed by atoms with Crippen molar-refractivity contribution >= 4 is 5.91 Å². The van der Waals surface area contributed by atoms with E-state index in [0.717, 1.165) is 31.2 Å². The quantitative estimate of drug-likeness (QED) is 0.928. The molecule has 2 N–H and O–H groups in total. The molecule has 3 heteroatoms. The molecular weight excluding hydrogens is 260 g/mol. The van der Waals surface area contributed by atoms with Gasteiger partial charge in [0, 0.05) is 13.6 Å². The van der Waals surface area contributed by atoms with Crippen LogP contribution >= 0.6 is 0 Å². The van der Waals surface area contributed by atoms with Crippen molar-refractivity contribution in [3.8, 4) is 0 Å². The second-order valence-electron chi connectivity index (χ2n) is 7.47. The van der Waals surface area contributed by atoms with Crippen molar-refractivity contribution in [2.24, 2.45) is 5.73 Å². The maximum absolute atomic E-state index is 12.5. The Kier molecular flexibility index (Phi) is 4.43. The third-order valence-corrected chi connectivity index (χ3v) is 4.51. The first-order chi connectivity index (χ1) is 9.72. The van der Waals surface area contributed by atoms with Gasteiger partial charge in [0.25, 0.3) is 0 Å². The minimum atomic E-state index is -0.625. The Hall–Kier alpha value is -1.35. The number of likely N-dealkylation sites (N-methyl/N-ethyl adjacent to an activating group) is 1. The van der Waals surface area contributed by atoms with E-state index in [1.165, 1.54) is 5.56 Å². The molecule has 0 atom stereocenters. The van der Waals surface area contributed by atoms with Crippen LogP contribution in [0.15, 0.2) is 24.3 Å². The Balaban J connectivity index is 2.02. The number of nitrogens with zero attached hydrogens (tertiary/aromatic N) is 1. The molecule has 1 amide bonds. The van der Waals surface area contributed by atoms with Crippen LogP contribution in [0.5, 0.6) is 0 Å². The lowest BCUT2D eigenvalue weighted by molar-refractivity contribution is -0.136. The third kappa shape index (κ3) is 3.65. The zero-order valence-corrected chi connectivity index (χ0v) is 13.8. The molecule has 1 fully saturated rings. The van der Waals surface area contributed by atoms with Gasteiger partial charge in [-0.25, -0.2) is 0 Å². The lowest BCUT2D eigenvalue weighted by Crippen LogP contribution is -2.52. The van der Waals surface area contributed by atoms with E-state index in [-0.39, 0.29) is 11.3 Å². The Morgan fingerprint density at radius 1 is 1.19 bits per heavy atom. The number of amides is 1. The molecule has 0 saturated heterocycles. The summed E-state index contributed by atoms with van der Waals surface area (Å²) in [7, 11) is 1.85. The van der Waals surface area contributed by atoms with Gasteiger partial charge in [-0.2, -0.15) is 0 Å². The van der Waals surface area contributed by atoms with Gasteiger partial charge >= 0.3 is 0 Å². The molecule has 3 nitrogen and oxygen atoms in total. The second kappa shape index (κ2) is 5.80. The zero-order valence-electron chi connectivity index (χ0n) is 13.8. The summed E-state index contributed by atoms with van der Waals surface area (Å²) in [6, 6.07) is 8.53. The maximum Gasteiger partial charge on any atom is 0.242 e. The molecule has 1 saturated carbocycles. The third-order valence-electron chi connectivity index (χ3n) is 4.51. The molecule has 0 radical (unpaired) electrons. The molecule has 1 aromatic rings. The Bertz CT molecular complexity index is 493. The predicted octanol–water partition coefficient (Wildman–Crippen LogP) is 3.21. The van der Waals surface area contributed by atoms with Crippen molar-refractivity contribution in [3.05, 3.63) is 35.4 Å². The summed E-state index contributed by atoms with van der Waals surface area (Å²) in [6.45, 7) is 7.24. The molecule has 0 bridgehead atoms. The first kappa shape index (κ1) is 16.0. The molecular formula is C18H28N2O. The van der Waals surface area contributed by atoms with E-state index < -0.39 is 5.54 Å². The van der Waals surface area contributed by atoms with Crippen molar-refractivity contribution in [1.82, 2.24) is 4.90 Å². The first-order valence-electron chi connectivity index (χ1n) is 7.86. The highest BCUT2D eigenvalue weighted by Gasteiger charge is 2.38. The fourth-order valence-corrected chi connectivity index (χ4v) is 3.06. The van der Waals surface area contributed by atoms with E-state index in [2.05, 4.69) is 45.0 Å². The molecule has 116 valence electrons. The standard InChI is InChI=1S/C18H28N2O/c1-17(2,3)15-9-7-14(8-10-15)13-20(4)16(21)18(19)11-5-6-12-18/h7-10H,5-6,11-13,19H2,1-4H3. The lowest BCUT2D eigenvalue weighted by atomic mass is 9.86. The minimum absolute atomic E-state index is 0.0832. The Labute approximate surface area is 128 Å². The van der Waals surface area contributed by atoms with E-state index in [1.807, 2.05) is 7.05 Å². The number of carbonyl (C=O) groups is 1. The van der Waals surface area contributed by atoms with Gasteiger partial charge in [0.05, 0.1) is 5.54 Å². The van der Waals surface area contributed by atoms with Crippen LogP contribution in [0.25, 0.3) is 0 Å². The smallest absolute Gasteiger partial charge is 0.242 e. The monoisotopic (exact) mass is 288 g/mol. The van der Waals surface area contributed by atoms with E-state index in [4.69, 9.17) is 5.73 Å². The van der Waals surface area contributed by atoms with Crippen LogP contribution in [0.3, 0.4) is 0 Å². The van der Waals surface area contributed by atoms with E-state index in [0.29, 0.717) is 6.54 Å². The maximum atomic E-state index is 12.5. The van der Waals surface area contributed by atoms with Crippen LogP contribution in [0.4, 0.5) is 0 Å². The number of hydrogen-bond donors (Lipinski definition) is 1. The molecule has 0 aromatic heterocycles. The van der Waals surface area contributed by atoms with Crippen molar-refractivity contribution < 1.29 is 4.79 Å². The molecule has 1 aliphatic carbocycles. The number of carbonyl (C=O) groups excluding carboxylic acids is 1. The molecule has 0 aliphatic heterocycles. The highest BCUT2D eigenvalue weighted by molar-refractivity contribution is 5.86. The fourth-order valence-electron chi connectivity index (χ4n) is 3.06. The van der Waals surface area contributed by atoms with Crippen LogP contribution < -0.4 is 5.73 Å². The molecule has 1 aromatic carbocycles. The van der Waals surface area contributed by atoms with Gasteiger partial charge in [-0.3, -0.25) is 4.79 Å². The largest absolute Gasteiger partial charge is 0.340 e. The van der Waals surface area contributed by atoms with Crippen LogP contribution in [0.2, 0.25) is 0 Å². The normalized spacial score (nSPS) is 17.8. The molecule has 21 heavy (non-hydrogen) atoms. The summed E-state index contributed by atoms with van der Waals surface area (Å²) in [4.78, 5) is 14.3. The van der Waals surface area contributed by atoms with Crippen molar-refractivity contribution in [1.29, 1.82) is 0 Å². The summed E-state index contributed by atoms with van der Waals surface area (Å²) < 4.78 is 0. The number of nitrogens with two attached hydrogens (primary N) is 1. The van der Waals surface area contributed by atoms with Gasteiger partial charge in [0.15, 0.2) is 0 Å². The van der Waals surface area contributed by atoms with Crippen LogP contribution in [0.1, 0.15) is 57.6 Å². The van der Waals surface area contributed by atoms with Crippen LogP contribution in [0, 0.1) is 0 Å². The molecule has 0 unspecified atom stereocenters. The van der Waals surface area contributed by atoms with Gasteiger partial charge in [0.1, 0.15) is 0 Å². The predicted molar refractivity (Wildman–Crippen MR) is 87.0 cm³/mol. The Morgan fingerprint density at radius 3 is 2.19 bits per heavy atom. The summed E-state index contributed by atoms with van der Waals surface area (Å²) >= 11 is 0. The summed E-state index contributed by atoms with van der Waals surface area (Å²) in [5.74, 6) is 0.0832. The van der Waals surface area contributed by atoms with Gasteiger partial charge in [-0.1, -0.05) is 57.9 Å². The van der Waals surface area contributed by atoms with Crippen LogP contribution in [-0.4, -0.2) is 23.4 Å². The van der Waals surface area contributed by atoms with E-state index >= 15 is 0 Å². The Morgan fingerprint density at radius 2 is 1.71 bits per heavy atom. The molecule has 1 aliphatic rings. The molecule has 0 spiro atoms. The van der Waals surface area contributed by atoms with E-state index in [9.17, 15) is 4.79 Å². The van der Waals surface area contributed by atoms with E-state index in [1.54, 1.807) is 4.90 Å². The van der Waals surface area contributed by atoms with Crippen molar-refractivity contribution in [2.45, 2.75) is 64.0 Å². The molecule has 0 heterocycles. The fraction of sp³-hybridized carbons (Fsp3) is 0.611. The van der Waals surface area contributed by atoms with Gasteiger partial charge in [0.2, 0.25) is 5.91 Å². The number of hydrogen-bond acceptors (Lipinski definition) is 2. The van der Waals surface area contributed by atoms with Gasteiger partial charge in [-0.15, -0.1) is 0 Å². The first-order valence-corrected chi connectivity index (χ1v) is 7.86. The summed E-state index contributed by atoms with van der Waals surface area (Å²) in [5.41, 5.74) is 8.25. The van der Waals surface area contributed by atoms with Crippen molar-refractivity contribution in [3.63, 3.8) is 0 Å². The summed E-state index contributed by atoms with van der Waals surface area (Å²) in [5, 5.41) is 0. The SMILES string of the molecule is CN(Cc1ccc(C(C)(C)C)cc1)C(=O)C1(N)CCCC1. The topological polar surface area (TPSA) is 46.3 Å². The minimum Gasteiger partial charge on any atom is -0.340 e. The number of benzene rings is 1. The second-order valence-corrected chi connectivity index (χ2v) is 7.47. The highest BCUT2D eigenvalue weighted by Crippen LogP contribution is 2.29.